The number of nitrogens with zero attached hydrogens (tertiary/aromatic N) is 2. The second kappa shape index (κ2) is 7.69. The summed E-state index contributed by atoms with van der Waals surface area (Å²) in [6.45, 7) is 0.261. The van der Waals surface area contributed by atoms with Gasteiger partial charge in [0.25, 0.3) is 0 Å². The molecule has 2 heterocycles. The Balaban J connectivity index is 1.81. The molecule has 1 saturated heterocycles. The summed E-state index contributed by atoms with van der Waals surface area (Å²) in [5.74, 6) is -0.718. The number of halogens is 1. The summed E-state index contributed by atoms with van der Waals surface area (Å²) in [5, 5.41) is -0.212. The van der Waals surface area contributed by atoms with E-state index < -0.39 is 31.7 Å². The van der Waals surface area contributed by atoms with Crippen molar-refractivity contribution in [2.24, 2.45) is 0 Å². The average molecular weight is 426 g/mol. The normalized spacial score (nSPS) is 18.3. The van der Waals surface area contributed by atoms with Gasteiger partial charge in [0, 0.05) is 37.0 Å². The number of aromatic nitrogens is 1. The van der Waals surface area contributed by atoms with Crippen molar-refractivity contribution in [3.8, 4) is 0 Å². The van der Waals surface area contributed by atoms with Crippen molar-refractivity contribution in [2.75, 3.05) is 12.8 Å². The highest BCUT2D eigenvalue weighted by molar-refractivity contribution is 7.90. The molecule has 1 aromatic carbocycles. The molecule has 0 aliphatic carbocycles. The Labute approximate surface area is 163 Å². The molecule has 0 N–H and O–H groups in total. The molecule has 1 aliphatic heterocycles. The van der Waals surface area contributed by atoms with Gasteiger partial charge in [0.15, 0.2) is 20.6 Å². The minimum Gasteiger partial charge on any atom is -0.294 e. The van der Waals surface area contributed by atoms with E-state index >= 15 is 0 Å². The lowest BCUT2D eigenvalue weighted by atomic mass is 10.0. The molecule has 10 heteroatoms. The number of rotatable bonds is 6. The fraction of sp³-hybridized carbons (Fsp3) is 0.333. The van der Waals surface area contributed by atoms with Crippen LogP contribution in [0.15, 0.2) is 52.5 Å². The Bertz CT molecular complexity index is 1080. The third kappa shape index (κ3) is 4.29. The predicted octanol–water partition coefficient (Wildman–Crippen LogP) is 2.05. The molecule has 0 radical (unpaired) electrons. The SMILES string of the molecule is CS(=O)(=O)c1ccc(S(=O)(=O)N2CCC[C@@H]2CC(=O)c2ccc(F)cc2)cn1. The topological polar surface area (TPSA) is 101 Å². The first-order valence-electron chi connectivity index (χ1n) is 8.56. The molecule has 0 unspecified atom stereocenters. The van der Waals surface area contributed by atoms with Gasteiger partial charge in [-0.2, -0.15) is 4.31 Å². The monoisotopic (exact) mass is 426 g/mol. The van der Waals surface area contributed by atoms with Gasteiger partial charge in [-0.15, -0.1) is 0 Å². The maximum absolute atomic E-state index is 13.0. The standard InChI is InChI=1S/C18H19FN2O5S2/c1-27(23,24)18-9-8-16(12-20-18)28(25,26)21-10-2-3-15(21)11-17(22)13-4-6-14(19)7-5-13/h4-9,12,15H,2-3,10-11H2,1H3/t15-/m1/s1. The highest BCUT2D eigenvalue weighted by atomic mass is 32.2. The second-order valence-electron chi connectivity index (χ2n) is 6.65. The molecule has 1 atom stereocenters. The van der Waals surface area contributed by atoms with Gasteiger partial charge in [-0.1, -0.05) is 0 Å². The smallest absolute Gasteiger partial charge is 0.244 e. The van der Waals surface area contributed by atoms with Gasteiger partial charge in [-0.25, -0.2) is 26.2 Å². The number of Topliss-reactive ketones (excluding diaryl/α,β-unsaturated/α-hetero) is 1. The summed E-state index contributed by atoms with van der Waals surface area (Å²) >= 11 is 0. The summed E-state index contributed by atoms with van der Waals surface area (Å²) in [7, 11) is -7.46. The molecular weight excluding hydrogens is 407 g/mol. The summed E-state index contributed by atoms with van der Waals surface area (Å²) in [6, 6.07) is 6.96. The zero-order valence-corrected chi connectivity index (χ0v) is 16.7. The molecule has 0 saturated carbocycles. The van der Waals surface area contributed by atoms with Crippen molar-refractivity contribution in [2.45, 2.75) is 35.2 Å². The lowest BCUT2D eigenvalue weighted by molar-refractivity contribution is 0.0961. The van der Waals surface area contributed by atoms with E-state index in [1.54, 1.807) is 0 Å². The lowest BCUT2D eigenvalue weighted by Gasteiger charge is -2.23. The van der Waals surface area contributed by atoms with Gasteiger partial charge in [0.05, 0.1) is 0 Å². The van der Waals surface area contributed by atoms with Crippen LogP contribution in [0.5, 0.6) is 0 Å². The quantitative estimate of drug-likeness (QED) is 0.655. The molecular formula is C18H19FN2O5S2. The van der Waals surface area contributed by atoms with E-state index in [2.05, 4.69) is 4.98 Å². The Morgan fingerprint density at radius 3 is 2.39 bits per heavy atom. The zero-order valence-electron chi connectivity index (χ0n) is 15.1. The van der Waals surface area contributed by atoms with Gasteiger partial charge < -0.3 is 0 Å². The third-order valence-corrected chi connectivity index (χ3v) is 7.54. The van der Waals surface area contributed by atoms with Gasteiger partial charge in [0.1, 0.15) is 10.7 Å². The first kappa shape index (κ1) is 20.6. The van der Waals surface area contributed by atoms with Gasteiger partial charge in [-0.3, -0.25) is 4.79 Å². The fourth-order valence-electron chi connectivity index (χ4n) is 3.17. The molecule has 0 spiro atoms. The Morgan fingerprint density at radius 1 is 1.14 bits per heavy atom. The number of hydrogen-bond acceptors (Lipinski definition) is 6. The number of carbonyl (C=O) groups is 1. The predicted molar refractivity (Wildman–Crippen MR) is 99.6 cm³/mol. The molecule has 1 aromatic heterocycles. The summed E-state index contributed by atoms with van der Waals surface area (Å²) in [4.78, 5) is 16.1. The summed E-state index contributed by atoms with van der Waals surface area (Å²) in [5.41, 5.74) is 0.324. The van der Waals surface area contributed by atoms with Crippen LogP contribution in [0, 0.1) is 5.82 Å². The number of carbonyl (C=O) groups excluding carboxylic acids is 1. The highest BCUT2D eigenvalue weighted by Crippen LogP contribution is 2.29. The number of ketones is 1. The third-order valence-electron chi connectivity index (χ3n) is 4.61. The Kier molecular flexibility index (Phi) is 5.64. The van der Waals surface area contributed by atoms with E-state index in [0.29, 0.717) is 18.4 Å². The van der Waals surface area contributed by atoms with Crippen molar-refractivity contribution in [1.82, 2.24) is 9.29 Å². The molecule has 2 aromatic rings. The number of benzene rings is 1. The van der Waals surface area contributed by atoms with Crippen LogP contribution in [0.2, 0.25) is 0 Å². The van der Waals surface area contributed by atoms with Crippen LogP contribution in [0.25, 0.3) is 0 Å². The number of pyridine rings is 1. The number of sulfonamides is 1. The second-order valence-corrected chi connectivity index (χ2v) is 10.5. The first-order chi connectivity index (χ1) is 13.1. The zero-order chi connectivity index (χ0) is 20.5. The highest BCUT2D eigenvalue weighted by Gasteiger charge is 2.36. The van der Waals surface area contributed by atoms with Crippen molar-refractivity contribution in [1.29, 1.82) is 0 Å². The van der Waals surface area contributed by atoms with E-state index in [-0.39, 0.29) is 28.7 Å². The summed E-state index contributed by atoms with van der Waals surface area (Å²) in [6.07, 6.45) is 3.13. The number of sulfone groups is 1. The number of hydrogen-bond donors (Lipinski definition) is 0. The molecule has 150 valence electrons. The molecule has 0 amide bonds. The van der Waals surface area contributed by atoms with E-state index in [9.17, 15) is 26.0 Å². The van der Waals surface area contributed by atoms with Gasteiger partial charge in [-0.05, 0) is 49.2 Å². The van der Waals surface area contributed by atoms with Crippen molar-refractivity contribution < 1.29 is 26.0 Å². The lowest BCUT2D eigenvalue weighted by Crippen LogP contribution is -2.37. The summed E-state index contributed by atoms with van der Waals surface area (Å²) < 4.78 is 63.2. The van der Waals surface area contributed by atoms with Crippen molar-refractivity contribution in [3.05, 3.63) is 54.0 Å². The molecule has 3 rings (SSSR count). The Morgan fingerprint density at radius 2 is 1.82 bits per heavy atom. The average Bonchev–Trinajstić information content (AvgIpc) is 3.10. The maximum atomic E-state index is 13.0. The fourth-order valence-corrected chi connectivity index (χ4v) is 5.37. The van der Waals surface area contributed by atoms with Crippen molar-refractivity contribution in [3.63, 3.8) is 0 Å². The van der Waals surface area contributed by atoms with Gasteiger partial charge >= 0.3 is 0 Å². The Hall–Kier alpha value is -2.17. The van der Waals surface area contributed by atoms with Crippen LogP contribution >= 0.6 is 0 Å². The van der Waals surface area contributed by atoms with E-state index in [1.165, 1.54) is 34.6 Å². The molecule has 28 heavy (non-hydrogen) atoms. The van der Waals surface area contributed by atoms with Gasteiger partial charge in [0.2, 0.25) is 10.0 Å². The van der Waals surface area contributed by atoms with Crippen LogP contribution in [-0.4, -0.2) is 50.8 Å². The largest absolute Gasteiger partial charge is 0.294 e. The van der Waals surface area contributed by atoms with Crippen LogP contribution in [-0.2, 0) is 19.9 Å². The van der Waals surface area contributed by atoms with Crippen LogP contribution in [0.4, 0.5) is 4.39 Å². The minimum atomic E-state index is -3.92. The minimum absolute atomic E-state index is 0.0142. The van der Waals surface area contributed by atoms with Crippen LogP contribution < -0.4 is 0 Å². The first-order valence-corrected chi connectivity index (χ1v) is 11.9. The molecule has 0 bridgehead atoms. The van der Waals surface area contributed by atoms with Crippen LogP contribution in [0.1, 0.15) is 29.6 Å². The molecule has 1 fully saturated rings. The van der Waals surface area contributed by atoms with E-state index in [1.807, 2.05) is 0 Å². The molecule has 1 aliphatic rings. The van der Waals surface area contributed by atoms with E-state index in [0.717, 1.165) is 18.5 Å². The van der Waals surface area contributed by atoms with E-state index in [4.69, 9.17) is 0 Å². The maximum Gasteiger partial charge on any atom is 0.244 e. The van der Waals surface area contributed by atoms with Crippen LogP contribution in [0.3, 0.4) is 0 Å². The molecule has 7 nitrogen and oxygen atoms in total. The van der Waals surface area contributed by atoms with Crippen molar-refractivity contribution >= 4 is 25.6 Å².